The molecule has 3 heteroatoms. The Morgan fingerprint density at radius 2 is 2.40 bits per heavy atom. The zero-order valence-electron chi connectivity index (χ0n) is 5.76. The number of rotatable bonds is 1. The van der Waals surface area contributed by atoms with Gasteiger partial charge in [-0.25, -0.2) is 4.98 Å². The number of nitrogens with zero attached hydrogens (tertiary/aromatic N) is 1. The van der Waals surface area contributed by atoms with Gasteiger partial charge in [-0.15, -0.1) is 0 Å². The van der Waals surface area contributed by atoms with Crippen molar-refractivity contribution < 1.29 is 0 Å². The smallest absolute Gasteiger partial charge is 0.110 e. The van der Waals surface area contributed by atoms with Crippen LogP contribution in [0.25, 0.3) is 0 Å². The molecule has 1 rings (SSSR count). The molecule has 0 spiro atoms. The van der Waals surface area contributed by atoms with Gasteiger partial charge in [0.15, 0.2) is 0 Å². The van der Waals surface area contributed by atoms with Crippen molar-refractivity contribution in [3.05, 3.63) is 28.0 Å². The molecule has 2 nitrogen and oxygen atoms in total. The van der Waals surface area contributed by atoms with Gasteiger partial charge in [0.05, 0.1) is 0 Å². The van der Waals surface area contributed by atoms with E-state index in [0.717, 1.165) is 10.2 Å². The summed E-state index contributed by atoms with van der Waals surface area (Å²) in [4.78, 5) is 4.05. The molecule has 1 heterocycles. The van der Waals surface area contributed by atoms with Crippen LogP contribution >= 0.6 is 15.9 Å². The third kappa shape index (κ3) is 1.36. The summed E-state index contributed by atoms with van der Waals surface area (Å²) in [5, 5.41) is 0. The zero-order valence-corrected chi connectivity index (χ0v) is 7.35. The number of nitrogens with two attached hydrogens (primary N) is 1. The first kappa shape index (κ1) is 7.69. The molecule has 54 valence electrons. The van der Waals surface area contributed by atoms with Gasteiger partial charge in [-0.05, 0) is 34.5 Å². The summed E-state index contributed by atoms with van der Waals surface area (Å²) in [5.74, 6) is 0. The third-order valence-electron chi connectivity index (χ3n) is 1.44. The highest BCUT2D eigenvalue weighted by atomic mass is 79.9. The molecular weight excluding hydrogens is 192 g/mol. The van der Waals surface area contributed by atoms with Crippen molar-refractivity contribution in [2.75, 3.05) is 0 Å². The number of hydrogen-bond acceptors (Lipinski definition) is 2. The molecule has 0 aliphatic rings. The quantitative estimate of drug-likeness (QED) is 0.701. The minimum atomic E-state index is 0.542. The van der Waals surface area contributed by atoms with Crippen LogP contribution in [0.1, 0.15) is 11.1 Å². The fourth-order valence-corrected chi connectivity index (χ4v) is 1.39. The molecule has 10 heavy (non-hydrogen) atoms. The largest absolute Gasteiger partial charge is 0.326 e. The van der Waals surface area contributed by atoms with Gasteiger partial charge < -0.3 is 5.73 Å². The first-order valence-electron chi connectivity index (χ1n) is 3.05. The molecule has 0 aromatic carbocycles. The van der Waals surface area contributed by atoms with Crippen LogP contribution in [0, 0.1) is 6.92 Å². The number of aromatic nitrogens is 1. The monoisotopic (exact) mass is 200 g/mol. The van der Waals surface area contributed by atoms with E-state index in [9.17, 15) is 0 Å². The minimum Gasteiger partial charge on any atom is -0.326 e. The maximum absolute atomic E-state index is 5.48. The van der Waals surface area contributed by atoms with Gasteiger partial charge in [0.25, 0.3) is 0 Å². The van der Waals surface area contributed by atoms with E-state index in [1.54, 1.807) is 6.20 Å². The van der Waals surface area contributed by atoms with Gasteiger partial charge in [-0.2, -0.15) is 0 Å². The molecule has 0 saturated heterocycles. The first-order valence-corrected chi connectivity index (χ1v) is 3.85. The summed E-state index contributed by atoms with van der Waals surface area (Å²) in [7, 11) is 0. The Hall–Kier alpha value is -0.410. The highest BCUT2D eigenvalue weighted by molar-refractivity contribution is 9.10. The summed E-state index contributed by atoms with van der Waals surface area (Å²) in [6, 6.07) is 1.95. The van der Waals surface area contributed by atoms with Crippen molar-refractivity contribution in [1.29, 1.82) is 0 Å². The van der Waals surface area contributed by atoms with Gasteiger partial charge in [0.2, 0.25) is 0 Å². The SMILES string of the molecule is Cc1ccnc(Br)c1CN. The topological polar surface area (TPSA) is 38.9 Å². The molecule has 0 radical (unpaired) electrons. The lowest BCUT2D eigenvalue weighted by Crippen LogP contribution is -2.00. The van der Waals surface area contributed by atoms with E-state index >= 15 is 0 Å². The van der Waals surface area contributed by atoms with E-state index in [-0.39, 0.29) is 0 Å². The average molecular weight is 201 g/mol. The molecule has 0 aliphatic carbocycles. The van der Waals surface area contributed by atoms with Crippen LogP contribution in [0.3, 0.4) is 0 Å². The molecule has 1 aromatic rings. The van der Waals surface area contributed by atoms with Crippen molar-refractivity contribution in [3.8, 4) is 0 Å². The average Bonchev–Trinajstić information content (AvgIpc) is 1.88. The zero-order chi connectivity index (χ0) is 7.56. The molecular formula is C7H9BrN2. The van der Waals surface area contributed by atoms with Crippen molar-refractivity contribution in [3.63, 3.8) is 0 Å². The molecule has 2 N–H and O–H groups in total. The van der Waals surface area contributed by atoms with Crippen molar-refractivity contribution >= 4 is 15.9 Å². The standard InChI is InChI=1S/C7H9BrN2/c1-5-2-3-10-7(8)6(5)4-9/h2-3H,4,9H2,1H3. The summed E-state index contributed by atoms with van der Waals surface area (Å²) in [5.41, 5.74) is 7.75. The molecule has 0 saturated carbocycles. The molecule has 1 aromatic heterocycles. The molecule has 0 bridgehead atoms. The first-order chi connectivity index (χ1) is 4.75. The van der Waals surface area contributed by atoms with Crippen LogP contribution in [0.15, 0.2) is 16.9 Å². The number of hydrogen-bond donors (Lipinski definition) is 1. The van der Waals surface area contributed by atoms with Crippen molar-refractivity contribution in [2.24, 2.45) is 5.73 Å². The van der Waals surface area contributed by atoms with Crippen LogP contribution in [0.4, 0.5) is 0 Å². The minimum absolute atomic E-state index is 0.542. The number of aryl methyl sites for hydroxylation is 1. The lowest BCUT2D eigenvalue weighted by Gasteiger charge is -2.02. The third-order valence-corrected chi connectivity index (χ3v) is 2.12. The summed E-state index contributed by atoms with van der Waals surface area (Å²) < 4.78 is 0.856. The fourth-order valence-electron chi connectivity index (χ4n) is 0.801. The Balaban J connectivity index is 3.17. The van der Waals surface area contributed by atoms with E-state index < -0.39 is 0 Å². The molecule has 0 aliphatic heterocycles. The normalized spacial score (nSPS) is 9.90. The van der Waals surface area contributed by atoms with Gasteiger partial charge >= 0.3 is 0 Å². The Labute approximate surface area is 68.6 Å². The van der Waals surface area contributed by atoms with E-state index in [1.807, 2.05) is 13.0 Å². The number of halogens is 1. The predicted octanol–water partition coefficient (Wildman–Crippen LogP) is 1.61. The van der Waals surface area contributed by atoms with Crippen molar-refractivity contribution in [1.82, 2.24) is 4.98 Å². The number of pyridine rings is 1. The van der Waals surface area contributed by atoms with Gasteiger partial charge in [-0.3, -0.25) is 0 Å². The van der Waals surface area contributed by atoms with E-state index in [1.165, 1.54) is 5.56 Å². The summed E-state index contributed by atoms with van der Waals surface area (Å²) in [6.45, 7) is 2.56. The second-order valence-electron chi connectivity index (χ2n) is 2.10. The highest BCUT2D eigenvalue weighted by Crippen LogP contribution is 2.15. The van der Waals surface area contributed by atoms with E-state index in [0.29, 0.717) is 6.54 Å². The Kier molecular flexibility index (Phi) is 2.40. The van der Waals surface area contributed by atoms with E-state index in [4.69, 9.17) is 5.73 Å². The second-order valence-corrected chi connectivity index (χ2v) is 2.85. The fraction of sp³-hybridized carbons (Fsp3) is 0.286. The molecule has 0 unspecified atom stereocenters. The lowest BCUT2D eigenvalue weighted by atomic mass is 10.2. The lowest BCUT2D eigenvalue weighted by molar-refractivity contribution is 1.01. The molecule has 0 atom stereocenters. The predicted molar refractivity (Wildman–Crippen MR) is 44.6 cm³/mol. The summed E-state index contributed by atoms with van der Waals surface area (Å²) >= 11 is 3.32. The van der Waals surface area contributed by atoms with Crippen LogP contribution < -0.4 is 5.73 Å². The summed E-state index contributed by atoms with van der Waals surface area (Å²) in [6.07, 6.45) is 1.76. The van der Waals surface area contributed by atoms with Crippen LogP contribution in [-0.4, -0.2) is 4.98 Å². The van der Waals surface area contributed by atoms with Gasteiger partial charge in [-0.1, -0.05) is 0 Å². The Morgan fingerprint density at radius 1 is 1.70 bits per heavy atom. The van der Waals surface area contributed by atoms with Crippen LogP contribution in [-0.2, 0) is 6.54 Å². The van der Waals surface area contributed by atoms with Crippen LogP contribution in [0.5, 0.6) is 0 Å². The highest BCUT2D eigenvalue weighted by Gasteiger charge is 1.99. The van der Waals surface area contributed by atoms with Crippen molar-refractivity contribution in [2.45, 2.75) is 13.5 Å². The second kappa shape index (κ2) is 3.12. The molecule has 0 amide bonds. The Bertz CT molecular complexity index is 215. The van der Waals surface area contributed by atoms with Crippen LogP contribution in [0.2, 0.25) is 0 Å². The maximum atomic E-state index is 5.48. The van der Waals surface area contributed by atoms with Gasteiger partial charge in [0.1, 0.15) is 4.60 Å². The molecule has 0 fully saturated rings. The maximum Gasteiger partial charge on any atom is 0.110 e. The van der Waals surface area contributed by atoms with E-state index in [2.05, 4.69) is 20.9 Å². The Morgan fingerprint density at radius 3 is 2.80 bits per heavy atom. The van der Waals surface area contributed by atoms with Gasteiger partial charge in [0, 0.05) is 18.3 Å².